The number of aryl methyl sites for hydroxylation is 1. The number of rotatable bonds is 2. The van der Waals surface area contributed by atoms with Gasteiger partial charge in [0.2, 0.25) is 0 Å². The summed E-state index contributed by atoms with van der Waals surface area (Å²) < 4.78 is 0. The van der Waals surface area contributed by atoms with Crippen molar-refractivity contribution < 1.29 is 0 Å². The number of hydrogen-bond donors (Lipinski definition) is 2. The number of hydrogen-bond acceptors (Lipinski definition) is 3. The van der Waals surface area contributed by atoms with E-state index >= 15 is 0 Å². The summed E-state index contributed by atoms with van der Waals surface area (Å²) in [7, 11) is 0. The molecule has 0 spiro atoms. The molecule has 2 heterocycles. The second kappa shape index (κ2) is 4.46. The van der Waals surface area contributed by atoms with Gasteiger partial charge in [-0.05, 0) is 19.1 Å². The lowest BCUT2D eigenvalue weighted by Gasteiger charge is -2.03. The summed E-state index contributed by atoms with van der Waals surface area (Å²) in [6, 6.07) is 10.2. The van der Waals surface area contributed by atoms with Gasteiger partial charge in [0.1, 0.15) is 5.82 Å². The molecule has 0 fully saturated rings. The van der Waals surface area contributed by atoms with Crippen LogP contribution in [0, 0.1) is 6.92 Å². The Balaban J connectivity index is 2.22. The highest BCUT2D eigenvalue weighted by Crippen LogP contribution is 2.27. The number of fused-ring (bicyclic) bond motifs is 1. The van der Waals surface area contributed by atoms with Crippen LogP contribution in [0.15, 0.2) is 36.5 Å². The third-order valence-electron chi connectivity index (χ3n) is 2.91. The molecule has 3 nitrogen and oxygen atoms in total. The Morgan fingerprint density at radius 1 is 1.22 bits per heavy atom. The van der Waals surface area contributed by atoms with Gasteiger partial charge in [0.15, 0.2) is 0 Å². The van der Waals surface area contributed by atoms with Crippen molar-refractivity contribution in [3.05, 3.63) is 48.0 Å². The standard InChI is InChI=1S/C14H13N3S/c1-9-6-13(17-14(8-18)16-9)11-7-15-12-5-3-2-4-10(11)12/h2-7,15,18H,8H2,1H3. The second-order valence-electron chi connectivity index (χ2n) is 4.22. The first-order valence-corrected chi connectivity index (χ1v) is 6.43. The smallest absolute Gasteiger partial charge is 0.138 e. The van der Waals surface area contributed by atoms with Gasteiger partial charge in [-0.2, -0.15) is 12.6 Å². The first-order chi connectivity index (χ1) is 8.78. The Hall–Kier alpha value is -1.81. The van der Waals surface area contributed by atoms with Crippen LogP contribution in [-0.2, 0) is 5.75 Å². The van der Waals surface area contributed by atoms with Gasteiger partial charge in [0.25, 0.3) is 0 Å². The van der Waals surface area contributed by atoms with E-state index in [0.29, 0.717) is 5.75 Å². The zero-order valence-electron chi connectivity index (χ0n) is 10.0. The maximum absolute atomic E-state index is 4.54. The van der Waals surface area contributed by atoms with Crippen molar-refractivity contribution in [1.82, 2.24) is 15.0 Å². The Morgan fingerprint density at radius 2 is 2.06 bits per heavy atom. The van der Waals surface area contributed by atoms with E-state index in [1.54, 1.807) is 0 Å². The van der Waals surface area contributed by atoms with E-state index in [-0.39, 0.29) is 0 Å². The Morgan fingerprint density at radius 3 is 2.89 bits per heavy atom. The van der Waals surface area contributed by atoms with E-state index in [1.807, 2.05) is 31.3 Å². The zero-order valence-corrected chi connectivity index (χ0v) is 10.9. The molecule has 0 saturated heterocycles. The molecule has 0 aliphatic rings. The maximum atomic E-state index is 4.54. The number of aromatic nitrogens is 3. The molecule has 0 saturated carbocycles. The summed E-state index contributed by atoms with van der Waals surface area (Å²) in [5, 5.41) is 1.18. The third kappa shape index (κ3) is 1.88. The summed E-state index contributed by atoms with van der Waals surface area (Å²) in [6.07, 6.45) is 1.99. The summed E-state index contributed by atoms with van der Waals surface area (Å²) in [4.78, 5) is 12.1. The highest BCUT2D eigenvalue weighted by molar-refractivity contribution is 7.79. The fourth-order valence-corrected chi connectivity index (χ4v) is 2.26. The predicted molar refractivity (Wildman–Crippen MR) is 76.8 cm³/mol. The van der Waals surface area contributed by atoms with E-state index in [0.717, 1.165) is 28.3 Å². The molecule has 1 N–H and O–H groups in total. The van der Waals surface area contributed by atoms with Crippen LogP contribution in [0.4, 0.5) is 0 Å². The minimum absolute atomic E-state index is 0.553. The summed E-state index contributed by atoms with van der Waals surface area (Å²) in [6.45, 7) is 1.98. The van der Waals surface area contributed by atoms with Crippen LogP contribution in [0.5, 0.6) is 0 Å². The Kier molecular flexibility index (Phi) is 2.80. The van der Waals surface area contributed by atoms with Crippen molar-refractivity contribution in [3.63, 3.8) is 0 Å². The summed E-state index contributed by atoms with van der Waals surface area (Å²) in [5.41, 5.74) is 4.15. The molecule has 0 radical (unpaired) electrons. The average molecular weight is 255 g/mol. The van der Waals surface area contributed by atoms with Gasteiger partial charge in [0, 0.05) is 28.4 Å². The van der Waals surface area contributed by atoms with Gasteiger partial charge < -0.3 is 4.98 Å². The average Bonchev–Trinajstić information content (AvgIpc) is 2.81. The maximum Gasteiger partial charge on any atom is 0.138 e. The monoisotopic (exact) mass is 255 g/mol. The van der Waals surface area contributed by atoms with Gasteiger partial charge in [-0.25, -0.2) is 9.97 Å². The number of nitrogens with zero attached hydrogens (tertiary/aromatic N) is 2. The first kappa shape index (κ1) is 11.3. The Bertz CT molecular complexity index is 703. The first-order valence-electron chi connectivity index (χ1n) is 5.80. The van der Waals surface area contributed by atoms with E-state index in [1.165, 1.54) is 5.39 Å². The molecule has 0 atom stereocenters. The van der Waals surface area contributed by atoms with Gasteiger partial charge in [-0.15, -0.1) is 0 Å². The minimum Gasteiger partial charge on any atom is -0.360 e. The van der Waals surface area contributed by atoms with Crippen LogP contribution in [-0.4, -0.2) is 15.0 Å². The largest absolute Gasteiger partial charge is 0.360 e. The molecule has 0 unspecified atom stereocenters. The number of benzene rings is 1. The van der Waals surface area contributed by atoms with Crippen LogP contribution in [0.25, 0.3) is 22.2 Å². The van der Waals surface area contributed by atoms with Crippen LogP contribution >= 0.6 is 12.6 Å². The van der Waals surface area contributed by atoms with Crippen molar-refractivity contribution >= 4 is 23.5 Å². The SMILES string of the molecule is Cc1cc(-c2c[nH]c3ccccc23)nc(CS)n1. The zero-order chi connectivity index (χ0) is 12.5. The molecule has 3 rings (SSSR count). The van der Waals surface area contributed by atoms with E-state index in [9.17, 15) is 0 Å². The highest BCUT2D eigenvalue weighted by atomic mass is 32.1. The van der Waals surface area contributed by atoms with Crippen molar-refractivity contribution in [2.75, 3.05) is 0 Å². The van der Waals surface area contributed by atoms with E-state index in [4.69, 9.17) is 0 Å². The number of aromatic amines is 1. The number of H-pyrrole nitrogens is 1. The molecule has 90 valence electrons. The quantitative estimate of drug-likeness (QED) is 0.689. The van der Waals surface area contributed by atoms with E-state index < -0.39 is 0 Å². The van der Waals surface area contributed by atoms with Crippen LogP contribution < -0.4 is 0 Å². The van der Waals surface area contributed by atoms with Crippen molar-refractivity contribution in [3.8, 4) is 11.3 Å². The minimum atomic E-state index is 0.553. The molecule has 2 aromatic heterocycles. The molecule has 3 aromatic rings. The van der Waals surface area contributed by atoms with Gasteiger partial charge >= 0.3 is 0 Å². The lowest BCUT2D eigenvalue weighted by Crippen LogP contribution is -1.96. The fourth-order valence-electron chi connectivity index (χ4n) is 2.12. The number of thiol groups is 1. The molecular formula is C14H13N3S. The number of para-hydroxylation sites is 1. The van der Waals surface area contributed by atoms with Gasteiger partial charge in [-0.1, -0.05) is 18.2 Å². The predicted octanol–water partition coefficient (Wildman–Crippen LogP) is 3.36. The van der Waals surface area contributed by atoms with Gasteiger partial charge in [0.05, 0.1) is 11.4 Å². The molecule has 0 amide bonds. The lowest BCUT2D eigenvalue weighted by atomic mass is 10.1. The fraction of sp³-hybridized carbons (Fsp3) is 0.143. The van der Waals surface area contributed by atoms with E-state index in [2.05, 4.69) is 39.7 Å². The number of nitrogens with one attached hydrogen (secondary N) is 1. The van der Waals surface area contributed by atoms with Crippen LogP contribution in [0.3, 0.4) is 0 Å². The molecule has 4 heteroatoms. The lowest BCUT2D eigenvalue weighted by molar-refractivity contribution is 1.00. The van der Waals surface area contributed by atoms with Crippen molar-refractivity contribution in [2.24, 2.45) is 0 Å². The summed E-state index contributed by atoms with van der Waals surface area (Å²) >= 11 is 4.24. The van der Waals surface area contributed by atoms with Crippen LogP contribution in [0.2, 0.25) is 0 Å². The molecule has 0 aliphatic carbocycles. The van der Waals surface area contributed by atoms with Crippen molar-refractivity contribution in [1.29, 1.82) is 0 Å². The molecule has 0 aliphatic heterocycles. The molecule has 1 aromatic carbocycles. The second-order valence-corrected chi connectivity index (χ2v) is 4.53. The van der Waals surface area contributed by atoms with Crippen LogP contribution in [0.1, 0.15) is 11.5 Å². The topological polar surface area (TPSA) is 41.6 Å². The third-order valence-corrected chi connectivity index (χ3v) is 3.19. The van der Waals surface area contributed by atoms with Gasteiger partial charge in [-0.3, -0.25) is 0 Å². The molecule has 0 bridgehead atoms. The molecular weight excluding hydrogens is 242 g/mol. The highest BCUT2D eigenvalue weighted by Gasteiger charge is 2.08. The molecule has 18 heavy (non-hydrogen) atoms. The van der Waals surface area contributed by atoms with Crippen molar-refractivity contribution in [2.45, 2.75) is 12.7 Å². The Labute approximate surface area is 111 Å². The normalized spacial score (nSPS) is 11.0. The summed E-state index contributed by atoms with van der Waals surface area (Å²) in [5.74, 6) is 1.32.